The first-order valence-electron chi connectivity index (χ1n) is 12.3. The lowest BCUT2D eigenvalue weighted by molar-refractivity contribution is -0.139. The predicted octanol–water partition coefficient (Wildman–Crippen LogP) is 4.24. The van der Waals surface area contributed by atoms with Gasteiger partial charge in [-0.1, -0.05) is 54.6 Å². The summed E-state index contributed by atoms with van der Waals surface area (Å²) in [7, 11) is -2.12. The molecule has 0 aromatic heterocycles. The van der Waals surface area contributed by atoms with E-state index in [1.807, 2.05) is 61.5 Å². The maximum atomic E-state index is 14.7. The minimum atomic E-state index is -3.69. The monoisotopic (exact) mass is 524 g/mol. The molecule has 0 fully saturated rings. The minimum absolute atomic E-state index is 0.119. The van der Waals surface area contributed by atoms with Crippen molar-refractivity contribution in [3.05, 3.63) is 95.6 Å². The molecule has 0 radical (unpaired) electrons. The lowest BCUT2D eigenvalue weighted by Gasteiger charge is -2.40. The minimum Gasteiger partial charge on any atom is -0.497 e. The van der Waals surface area contributed by atoms with Gasteiger partial charge in [0, 0.05) is 13.2 Å². The van der Waals surface area contributed by atoms with Gasteiger partial charge in [-0.05, 0) is 54.3 Å². The lowest BCUT2D eigenvalue weighted by atomic mass is 9.95. The quantitative estimate of drug-likeness (QED) is 0.216. The van der Waals surface area contributed by atoms with E-state index in [1.54, 1.807) is 36.0 Å². The molecule has 37 heavy (non-hydrogen) atoms. The smallest absolute Gasteiger partial charge is 0.303 e. The summed E-state index contributed by atoms with van der Waals surface area (Å²) in [6, 6.07) is 23.6. The zero-order valence-corrected chi connectivity index (χ0v) is 22.1. The van der Waals surface area contributed by atoms with E-state index in [2.05, 4.69) is 5.48 Å². The molecule has 1 aliphatic rings. The molecular weight excluding hydrogens is 491 g/mol. The Morgan fingerprint density at radius 2 is 1.68 bits per heavy atom. The number of benzene rings is 3. The van der Waals surface area contributed by atoms with Crippen LogP contribution >= 0.6 is 7.52 Å². The molecule has 3 aromatic carbocycles. The van der Waals surface area contributed by atoms with Gasteiger partial charge in [0.25, 0.3) is 5.91 Å². The molecular formula is C28H33N2O6P. The van der Waals surface area contributed by atoms with Crippen LogP contribution in [0.15, 0.2) is 78.9 Å². The molecule has 4 rings (SSSR count). The summed E-state index contributed by atoms with van der Waals surface area (Å²) < 4.78 is 33.2. The number of rotatable bonds is 12. The molecule has 1 aliphatic heterocycles. The number of hydrogen-bond donors (Lipinski definition) is 1. The largest absolute Gasteiger partial charge is 0.497 e. The molecule has 1 N–H and O–H groups in total. The highest BCUT2D eigenvalue weighted by atomic mass is 31.2. The topological polar surface area (TPSA) is 86.3 Å². The number of nitrogens with zero attached hydrogens (tertiary/aromatic N) is 1. The third-order valence-corrected chi connectivity index (χ3v) is 8.80. The number of methoxy groups -OCH3 is 1. The van der Waals surface area contributed by atoms with Gasteiger partial charge in [0.2, 0.25) is 0 Å². The average Bonchev–Trinajstić information content (AvgIpc) is 2.95. The Morgan fingerprint density at radius 3 is 2.38 bits per heavy atom. The zero-order chi connectivity index (χ0) is 26.1. The van der Waals surface area contributed by atoms with Gasteiger partial charge in [0.05, 0.1) is 32.2 Å². The van der Waals surface area contributed by atoms with E-state index in [0.717, 1.165) is 16.7 Å². The van der Waals surface area contributed by atoms with Gasteiger partial charge in [0.15, 0.2) is 0 Å². The first kappa shape index (κ1) is 27.0. The van der Waals surface area contributed by atoms with Gasteiger partial charge in [-0.2, -0.15) is 0 Å². The Labute approximate surface area is 218 Å². The van der Waals surface area contributed by atoms with Crippen molar-refractivity contribution in [3.63, 3.8) is 0 Å². The third-order valence-electron chi connectivity index (χ3n) is 6.22. The van der Waals surface area contributed by atoms with Crippen LogP contribution in [0, 0.1) is 0 Å². The number of ether oxygens (including phenoxy) is 2. The van der Waals surface area contributed by atoms with Crippen molar-refractivity contribution in [3.8, 4) is 5.75 Å². The zero-order valence-electron chi connectivity index (χ0n) is 21.2. The summed E-state index contributed by atoms with van der Waals surface area (Å²) in [4.78, 5) is 19.0. The fourth-order valence-electron chi connectivity index (χ4n) is 4.28. The van der Waals surface area contributed by atoms with E-state index in [4.69, 9.17) is 18.8 Å². The Kier molecular flexibility index (Phi) is 9.50. The molecule has 0 aliphatic carbocycles. The Morgan fingerprint density at radius 1 is 0.973 bits per heavy atom. The number of fused-ring (bicyclic) bond motifs is 1. The van der Waals surface area contributed by atoms with Gasteiger partial charge >= 0.3 is 7.52 Å². The van der Waals surface area contributed by atoms with Crippen molar-refractivity contribution in [2.75, 3.05) is 26.9 Å². The summed E-state index contributed by atoms with van der Waals surface area (Å²) in [5.74, 6) is 0.254. The van der Waals surface area contributed by atoms with E-state index in [-0.39, 0.29) is 32.3 Å². The molecule has 196 valence electrons. The molecule has 2 atom stereocenters. The standard InChI is InChI=1S/C28H33N2O6P/c1-3-34-17-18-36-37(32,26-15-13-25(33-2)14-16-26)30-20-24-12-8-7-11-23(24)19-27(30)28(31)29-35-21-22-9-5-4-6-10-22/h4-16,27H,3,17-21H2,1-2H3,(H,29,31)/t27-,37?/m1/s1. The van der Waals surface area contributed by atoms with E-state index < -0.39 is 13.6 Å². The van der Waals surface area contributed by atoms with Crippen LogP contribution in [0.5, 0.6) is 5.75 Å². The molecule has 1 amide bonds. The Hall–Kier alpha value is -3.00. The van der Waals surface area contributed by atoms with Gasteiger partial charge in [0.1, 0.15) is 11.8 Å². The highest BCUT2D eigenvalue weighted by Gasteiger charge is 2.44. The predicted molar refractivity (Wildman–Crippen MR) is 142 cm³/mol. The van der Waals surface area contributed by atoms with Gasteiger partial charge in [-0.15, -0.1) is 0 Å². The van der Waals surface area contributed by atoms with E-state index >= 15 is 0 Å². The third kappa shape index (κ3) is 6.66. The maximum Gasteiger partial charge on any atom is 0.303 e. The summed E-state index contributed by atoms with van der Waals surface area (Å²) in [6.07, 6.45) is 0.367. The van der Waals surface area contributed by atoms with E-state index in [9.17, 15) is 9.36 Å². The van der Waals surface area contributed by atoms with Crippen LogP contribution in [0.1, 0.15) is 23.6 Å². The van der Waals surface area contributed by atoms with Gasteiger partial charge < -0.3 is 14.0 Å². The number of hydroxylamine groups is 1. The van der Waals surface area contributed by atoms with Crippen molar-refractivity contribution in [2.24, 2.45) is 0 Å². The second-order valence-corrected chi connectivity index (χ2v) is 10.9. The maximum absolute atomic E-state index is 14.7. The molecule has 9 heteroatoms. The average molecular weight is 525 g/mol. The van der Waals surface area contributed by atoms with Crippen LogP contribution in [-0.4, -0.2) is 43.5 Å². The highest BCUT2D eigenvalue weighted by molar-refractivity contribution is 7.64. The molecule has 0 bridgehead atoms. The summed E-state index contributed by atoms with van der Waals surface area (Å²) >= 11 is 0. The number of amides is 1. The van der Waals surface area contributed by atoms with Crippen molar-refractivity contribution in [1.82, 2.24) is 10.2 Å². The number of nitrogens with one attached hydrogen (secondary N) is 1. The van der Waals surface area contributed by atoms with Crippen LogP contribution in [0.3, 0.4) is 0 Å². The van der Waals surface area contributed by atoms with Crippen molar-refractivity contribution in [1.29, 1.82) is 0 Å². The van der Waals surface area contributed by atoms with Crippen molar-refractivity contribution in [2.45, 2.75) is 32.5 Å². The molecule has 0 spiro atoms. The number of carbonyl (C=O) groups is 1. The molecule has 8 nitrogen and oxygen atoms in total. The normalized spacial score (nSPS) is 17.0. The SMILES string of the molecule is CCOCCOP(=O)(c1ccc(OC)cc1)N1Cc2ccccc2C[C@@H]1C(=O)NOCc1ccccc1. The molecule has 3 aromatic rings. The lowest BCUT2D eigenvalue weighted by Crippen LogP contribution is -2.50. The van der Waals surface area contributed by atoms with Crippen LogP contribution < -0.4 is 15.5 Å². The van der Waals surface area contributed by atoms with Gasteiger partial charge in [-0.25, -0.2) is 10.2 Å². The van der Waals surface area contributed by atoms with Crippen LogP contribution in [0.4, 0.5) is 0 Å². The molecule has 1 unspecified atom stereocenters. The van der Waals surface area contributed by atoms with E-state index in [1.165, 1.54) is 0 Å². The fraction of sp³-hybridized carbons (Fsp3) is 0.321. The molecule has 1 heterocycles. The first-order valence-corrected chi connectivity index (χ1v) is 13.9. The number of hydrogen-bond acceptors (Lipinski definition) is 6. The molecule has 0 saturated carbocycles. The number of carbonyl (C=O) groups excluding carboxylic acids is 1. The van der Waals surface area contributed by atoms with Crippen molar-refractivity contribution < 1.29 is 28.2 Å². The van der Waals surface area contributed by atoms with Crippen LogP contribution in [0.25, 0.3) is 0 Å². The van der Waals surface area contributed by atoms with Crippen molar-refractivity contribution >= 4 is 18.7 Å². The summed E-state index contributed by atoms with van der Waals surface area (Å²) in [6.45, 7) is 3.32. The van der Waals surface area contributed by atoms with Gasteiger partial charge in [-0.3, -0.25) is 14.2 Å². The Bertz CT molecular complexity index is 1200. The summed E-state index contributed by atoms with van der Waals surface area (Å²) in [5, 5.41) is 0.479. The second kappa shape index (κ2) is 13.0. The van der Waals surface area contributed by atoms with E-state index in [0.29, 0.717) is 24.1 Å². The Balaban J connectivity index is 1.63. The molecule has 0 saturated heterocycles. The van der Waals surface area contributed by atoms with Crippen LogP contribution in [-0.2, 0) is 43.0 Å². The summed E-state index contributed by atoms with van der Waals surface area (Å²) in [5.41, 5.74) is 5.53. The first-order chi connectivity index (χ1) is 18.0. The fourth-order valence-corrected chi connectivity index (χ4v) is 6.61. The second-order valence-electron chi connectivity index (χ2n) is 8.58. The van der Waals surface area contributed by atoms with Crippen LogP contribution in [0.2, 0.25) is 0 Å². The highest BCUT2D eigenvalue weighted by Crippen LogP contribution is 2.53.